The van der Waals surface area contributed by atoms with Crippen LogP contribution in [0.25, 0.3) is 0 Å². The molecule has 0 aromatic carbocycles. The van der Waals surface area contributed by atoms with Gasteiger partial charge < -0.3 is 5.32 Å². The zero-order chi connectivity index (χ0) is 15.3. The van der Waals surface area contributed by atoms with Gasteiger partial charge in [-0.05, 0) is 67.6 Å². The summed E-state index contributed by atoms with van der Waals surface area (Å²) in [5, 5.41) is 11.7. The molecule has 3 atom stereocenters. The lowest BCUT2D eigenvalue weighted by Gasteiger charge is -2.65. The van der Waals surface area contributed by atoms with Crippen LogP contribution < -0.4 is 5.32 Å². The van der Waals surface area contributed by atoms with Crippen molar-refractivity contribution in [3.8, 4) is 6.07 Å². The van der Waals surface area contributed by atoms with Crippen molar-refractivity contribution < 1.29 is 4.79 Å². The summed E-state index contributed by atoms with van der Waals surface area (Å²) < 4.78 is 0. The van der Waals surface area contributed by atoms with Gasteiger partial charge in [0.05, 0.1) is 12.5 Å². The number of nitrogens with one attached hydrogen (secondary N) is 1. The van der Waals surface area contributed by atoms with Gasteiger partial charge in [0.2, 0.25) is 5.91 Å². The topological polar surface area (TPSA) is 52.9 Å². The summed E-state index contributed by atoms with van der Waals surface area (Å²) in [7, 11) is 0. The molecular formula is C18H28N2O. The average molecular weight is 288 g/mol. The molecule has 0 heterocycles. The summed E-state index contributed by atoms with van der Waals surface area (Å²) in [6.07, 6.45) is 8.87. The summed E-state index contributed by atoms with van der Waals surface area (Å²) in [5.41, 5.74) is 1.17. The maximum Gasteiger partial charge on any atom is 0.220 e. The number of hydrogen-bond donors (Lipinski definition) is 1. The minimum absolute atomic E-state index is 0.0254. The van der Waals surface area contributed by atoms with Gasteiger partial charge in [0, 0.05) is 12.5 Å². The van der Waals surface area contributed by atoms with Crippen molar-refractivity contribution in [1.82, 2.24) is 5.32 Å². The molecule has 4 aliphatic rings. The lowest BCUT2D eigenvalue weighted by Crippen LogP contribution is -2.56. The van der Waals surface area contributed by atoms with Gasteiger partial charge in [-0.2, -0.15) is 5.26 Å². The number of nitriles is 1. The van der Waals surface area contributed by atoms with Crippen molar-refractivity contribution in [3.63, 3.8) is 0 Å². The molecule has 4 aliphatic carbocycles. The van der Waals surface area contributed by atoms with Crippen molar-refractivity contribution in [2.24, 2.45) is 22.2 Å². The second-order valence-electron chi connectivity index (χ2n) is 9.14. The van der Waals surface area contributed by atoms with Crippen LogP contribution in [0.3, 0.4) is 0 Å². The van der Waals surface area contributed by atoms with Gasteiger partial charge in [0.15, 0.2) is 0 Å². The van der Waals surface area contributed by atoms with Crippen LogP contribution in [-0.4, -0.2) is 11.9 Å². The second-order valence-corrected chi connectivity index (χ2v) is 9.14. The minimum Gasteiger partial charge on any atom is -0.353 e. The fraction of sp³-hybridized carbons (Fsp3) is 0.889. The zero-order valence-electron chi connectivity index (χ0n) is 13.7. The lowest BCUT2D eigenvalue weighted by atomic mass is 9.40. The minimum atomic E-state index is -0.0254. The number of amides is 1. The molecule has 3 heteroatoms. The number of carbonyl (C=O) groups is 1. The third-order valence-corrected chi connectivity index (χ3v) is 6.08. The third-order valence-electron chi connectivity index (χ3n) is 6.08. The number of rotatable bonds is 4. The molecule has 0 aromatic rings. The highest BCUT2D eigenvalue weighted by Crippen LogP contribution is 2.70. The van der Waals surface area contributed by atoms with E-state index in [0.29, 0.717) is 23.7 Å². The molecule has 1 amide bonds. The Hall–Kier alpha value is -1.04. The number of hydrogen-bond acceptors (Lipinski definition) is 2. The molecule has 3 nitrogen and oxygen atoms in total. The van der Waals surface area contributed by atoms with E-state index in [1.165, 1.54) is 38.5 Å². The van der Waals surface area contributed by atoms with Crippen LogP contribution >= 0.6 is 0 Å². The van der Waals surface area contributed by atoms with E-state index in [0.717, 1.165) is 5.92 Å². The van der Waals surface area contributed by atoms with E-state index in [4.69, 9.17) is 5.26 Å². The zero-order valence-corrected chi connectivity index (χ0v) is 13.7. The van der Waals surface area contributed by atoms with E-state index in [1.807, 2.05) is 6.92 Å². The van der Waals surface area contributed by atoms with Crippen LogP contribution in [0.15, 0.2) is 0 Å². The van der Waals surface area contributed by atoms with Crippen LogP contribution in [-0.2, 0) is 4.79 Å². The molecule has 21 heavy (non-hydrogen) atoms. The normalized spacial score (nSPS) is 45.1. The molecule has 0 aromatic heterocycles. The maximum absolute atomic E-state index is 12.4. The quantitative estimate of drug-likeness (QED) is 0.855. The molecular weight excluding hydrogens is 260 g/mol. The summed E-state index contributed by atoms with van der Waals surface area (Å²) in [6.45, 7) is 6.81. The Balaban J connectivity index is 1.70. The van der Waals surface area contributed by atoms with Crippen LogP contribution in [0, 0.1) is 33.5 Å². The van der Waals surface area contributed by atoms with E-state index in [9.17, 15) is 4.79 Å². The molecule has 4 fully saturated rings. The van der Waals surface area contributed by atoms with E-state index in [1.54, 1.807) is 0 Å². The predicted octanol–water partition coefficient (Wildman–Crippen LogP) is 3.79. The molecule has 116 valence electrons. The Morgan fingerprint density at radius 1 is 1.24 bits per heavy atom. The number of nitrogens with zero attached hydrogens (tertiary/aromatic N) is 1. The van der Waals surface area contributed by atoms with Gasteiger partial charge in [-0.1, -0.05) is 13.8 Å². The van der Waals surface area contributed by atoms with Crippen molar-refractivity contribution in [1.29, 1.82) is 5.26 Å². The van der Waals surface area contributed by atoms with Gasteiger partial charge in [0.25, 0.3) is 0 Å². The lowest BCUT2D eigenvalue weighted by molar-refractivity contribution is -0.156. The van der Waals surface area contributed by atoms with Gasteiger partial charge in [-0.25, -0.2) is 0 Å². The first kappa shape index (κ1) is 14.9. The predicted molar refractivity (Wildman–Crippen MR) is 82.3 cm³/mol. The molecule has 0 aliphatic heterocycles. The fourth-order valence-electron chi connectivity index (χ4n) is 6.74. The Morgan fingerprint density at radius 3 is 2.38 bits per heavy atom. The Bertz CT molecular complexity index is 474. The molecule has 1 N–H and O–H groups in total. The van der Waals surface area contributed by atoms with Crippen molar-refractivity contribution in [3.05, 3.63) is 0 Å². The van der Waals surface area contributed by atoms with E-state index in [-0.39, 0.29) is 17.4 Å². The molecule has 4 bridgehead atoms. The molecule has 0 spiro atoms. The Kier molecular flexibility index (Phi) is 3.35. The Labute approximate surface area is 128 Å². The van der Waals surface area contributed by atoms with Gasteiger partial charge in [0.1, 0.15) is 0 Å². The molecule has 0 saturated heterocycles. The number of carbonyl (C=O) groups excluding carboxylic acids is 1. The van der Waals surface area contributed by atoms with Crippen molar-refractivity contribution in [2.45, 2.75) is 78.2 Å². The fourth-order valence-corrected chi connectivity index (χ4v) is 6.74. The summed E-state index contributed by atoms with van der Waals surface area (Å²) >= 11 is 0. The smallest absolute Gasteiger partial charge is 0.220 e. The van der Waals surface area contributed by atoms with E-state index >= 15 is 0 Å². The molecule has 3 unspecified atom stereocenters. The highest BCUT2D eigenvalue weighted by Gasteiger charge is 2.60. The average Bonchev–Trinajstić information content (AvgIpc) is 2.21. The van der Waals surface area contributed by atoms with Crippen LogP contribution in [0.5, 0.6) is 0 Å². The Morgan fingerprint density at radius 2 is 1.86 bits per heavy atom. The first-order chi connectivity index (χ1) is 9.76. The standard InChI is InChI=1S/C18H28N2O/c1-13(4-5-19)20-15(21)9-18-8-14-6-16(2,11-18)10-17(3,7-14)12-18/h13-14H,4,6-12H2,1-3H3,(H,20,21). The first-order valence-corrected chi connectivity index (χ1v) is 8.42. The van der Waals surface area contributed by atoms with E-state index in [2.05, 4.69) is 25.2 Å². The monoisotopic (exact) mass is 288 g/mol. The largest absolute Gasteiger partial charge is 0.353 e. The molecule has 0 radical (unpaired) electrons. The third kappa shape index (κ3) is 2.82. The summed E-state index contributed by atoms with van der Waals surface area (Å²) in [5.74, 6) is 0.993. The van der Waals surface area contributed by atoms with Crippen molar-refractivity contribution in [2.75, 3.05) is 0 Å². The molecule has 4 saturated carbocycles. The SMILES string of the molecule is CC(CC#N)NC(=O)CC12CC3CC(C)(CC(C)(C3)C1)C2. The van der Waals surface area contributed by atoms with Crippen LogP contribution in [0.4, 0.5) is 0 Å². The van der Waals surface area contributed by atoms with Gasteiger partial charge in [-0.15, -0.1) is 0 Å². The van der Waals surface area contributed by atoms with Gasteiger partial charge >= 0.3 is 0 Å². The maximum atomic E-state index is 12.4. The highest BCUT2D eigenvalue weighted by molar-refractivity contribution is 5.77. The van der Waals surface area contributed by atoms with Crippen molar-refractivity contribution >= 4 is 5.91 Å². The summed E-state index contributed by atoms with van der Waals surface area (Å²) in [4.78, 5) is 12.4. The second kappa shape index (κ2) is 4.73. The highest BCUT2D eigenvalue weighted by atomic mass is 16.1. The van der Waals surface area contributed by atoms with E-state index < -0.39 is 0 Å². The molecule has 4 rings (SSSR count). The van der Waals surface area contributed by atoms with Gasteiger partial charge in [-0.3, -0.25) is 4.79 Å². The van der Waals surface area contributed by atoms with Crippen LogP contribution in [0.1, 0.15) is 72.1 Å². The van der Waals surface area contributed by atoms with Crippen LogP contribution in [0.2, 0.25) is 0 Å². The summed E-state index contributed by atoms with van der Waals surface area (Å²) in [6, 6.07) is 2.10. The first-order valence-electron chi connectivity index (χ1n) is 8.42.